The summed E-state index contributed by atoms with van der Waals surface area (Å²) in [4.78, 5) is 13.9. The summed E-state index contributed by atoms with van der Waals surface area (Å²) in [7, 11) is 0. The lowest BCUT2D eigenvalue weighted by molar-refractivity contribution is 0.0924. The van der Waals surface area contributed by atoms with Gasteiger partial charge < -0.3 is 4.42 Å². The van der Waals surface area contributed by atoms with Crippen LogP contribution in [0.2, 0.25) is 0 Å². The summed E-state index contributed by atoms with van der Waals surface area (Å²) >= 11 is 0. The maximum atomic E-state index is 11.4. The minimum absolute atomic E-state index is 0.287. The van der Waals surface area contributed by atoms with Gasteiger partial charge in [-0.25, -0.2) is 5.84 Å². The largest absolute Gasteiger partial charge is 0.456 e. The van der Waals surface area contributed by atoms with E-state index < -0.39 is 0 Å². The quantitative estimate of drug-likeness (QED) is 0.495. The Hall–Kier alpha value is -1.33. The van der Waals surface area contributed by atoms with E-state index in [0.29, 0.717) is 12.0 Å². The molecule has 0 saturated carbocycles. The lowest BCUT2D eigenvalue weighted by Crippen LogP contribution is -2.33. The second kappa shape index (κ2) is 5.75. The van der Waals surface area contributed by atoms with Gasteiger partial charge in [0.05, 0.1) is 0 Å². The summed E-state index contributed by atoms with van der Waals surface area (Å²) in [5, 5.41) is 0. The van der Waals surface area contributed by atoms with E-state index in [4.69, 9.17) is 10.3 Å². The number of amides is 1. The van der Waals surface area contributed by atoms with Crippen molar-refractivity contribution in [2.75, 3.05) is 6.54 Å². The third-order valence-electron chi connectivity index (χ3n) is 3.93. The van der Waals surface area contributed by atoms with Crippen molar-refractivity contribution in [3.05, 3.63) is 23.2 Å². The SMILES string of the molecule is Cc1oc(C(=O)NN)cc1CN1CCCC1C(C)C. The topological polar surface area (TPSA) is 71.5 Å². The van der Waals surface area contributed by atoms with Gasteiger partial charge in [0.1, 0.15) is 5.76 Å². The number of hydrogen-bond acceptors (Lipinski definition) is 4. The molecule has 1 aliphatic heterocycles. The summed E-state index contributed by atoms with van der Waals surface area (Å²) in [6.45, 7) is 8.38. The molecule has 0 bridgehead atoms. The zero-order valence-electron chi connectivity index (χ0n) is 11.9. The highest BCUT2D eigenvalue weighted by molar-refractivity contribution is 5.91. The van der Waals surface area contributed by atoms with Crippen LogP contribution in [0.4, 0.5) is 0 Å². The molecule has 1 unspecified atom stereocenters. The van der Waals surface area contributed by atoms with Crippen molar-refractivity contribution in [2.24, 2.45) is 11.8 Å². The molecule has 0 spiro atoms. The number of aryl methyl sites for hydroxylation is 1. The molecule has 1 saturated heterocycles. The van der Waals surface area contributed by atoms with E-state index in [-0.39, 0.29) is 11.7 Å². The van der Waals surface area contributed by atoms with Crippen LogP contribution in [0.3, 0.4) is 0 Å². The van der Waals surface area contributed by atoms with E-state index in [0.717, 1.165) is 24.4 Å². The molecule has 1 amide bonds. The summed E-state index contributed by atoms with van der Waals surface area (Å²) in [5.74, 6) is 6.48. The predicted molar refractivity (Wildman–Crippen MR) is 73.4 cm³/mol. The number of rotatable bonds is 4. The summed E-state index contributed by atoms with van der Waals surface area (Å²) in [6.07, 6.45) is 2.50. The minimum Gasteiger partial charge on any atom is -0.456 e. The summed E-state index contributed by atoms with van der Waals surface area (Å²) in [6, 6.07) is 2.42. The monoisotopic (exact) mass is 265 g/mol. The fourth-order valence-electron chi connectivity index (χ4n) is 2.88. The zero-order valence-corrected chi connectivity index (χ0v) is 11.9. The molecule has 1 aromatic rings. The number of likely N-dealkylation sites (tertiary alicyclic amines) is 1. The fraction of sp³-hybridized carbons (Fsp3) is 0.643. The Morgan fingerprint density at radius 3 is 3.00 bits per heavy atom. The number of carbonyl (C=O) groups excluding carboxylic acids is 1. The van der Waals surface area contributed by atoms with Crippen LogP contribution in [0, 0.1) is 12.8 Å². The molecule has 1 aromatic heterocycles. The van der Waals surface area contributed by atoms with Crippen LogP contribution in [0.1, 0.15) is 48.6 Å². The second-order valence-electron chi connectivity index (χ2n) is 5.59. The van der Waals surface area contributed by atoms with Crippen molar-refractivity contribution in [3.63, 3.8) is 0 Å². The third-order valence-corrected chi connectivity index (χ3v) is 3.93. The summed E-state index contributed by atoms with van der Waals surface area (Å²) in [5.41, 5.74) is 3.17. The van der Waals surface area contributed by atoms with Crippen molar-refractivity contribution < 1.29 is 9.21 Å². The number of nitrogen functional groups attached to an aromatic ring is 1. The van der Waals surface area contributed by atoms with E-state index in [1.54, 1.807) is 6.07 Å². The number of hydrogen-bond donors (Lipinski definition) is 2. The smallest absolute Gasteiger partial charge is 0.300 e. The van der Waals surface area contributed by atoms with E-state index in [2.05, 4.69) is 24.2 Å². The molecular weight excluding hydrogens is 242 g/mol. The van der Waals surface area contributed by atoms with Gasteiger partial charge in [0.15, 0.2) is 5.76 Å². The highest BCUT2D eigenvalue weighted by Gasteiger charge is 2.28. The number of nitrogens with two attached hydrogens (primary N) is 1. The predicted octanol–water partition coefficient (Wildman–Crippen LogP) is 1.81. The number of nitrogens with one attached hydrogen (secondary N) is 1. The van der Waals surface area contributed by atoms with Crippen molar-refractivity contribution in [2.45, 2.75) is 46.2 Å². The second-order valence-corrected chi connectivity index (χ2v) is 5.59. The van der Waals surface area contributed by atoms with Gasteiger partial charge in [-0.05, 0) is 38.3 Å². The van der Waals surface area contributed by atoms with E-state index in [1.807, 2.05) is 6.92 Å². The van der Waals surface area contributed by atoms with Crippen LogP contribution in [0.25, 0.3) is 0 Å². The van der Waals surface area contributed by atoms with Crippen molar-refractivity contribution in [3.8, 4) is 0 Å². The van der Waals surface area contributed by atoms with Gasteiger partial charge in [-0.2, -0.15) is 0 Å². The van der Waals surface area contributed by atoms with Gasteiger partial charge in [-0.3, -0.25) is 15.1 Å². The Morgan fingerprint density at radius 1 is 1.63 bits per heavy atom. The highest BCUT2D eigenvalue weighted by Crippen LogP contribution is 2.27. The molecule has 3 N–H and O–H groups in total. The molecule has 0 aliphatic carbocycles. The van der Waals surface area contributed by atoms with Crippen LogP contribution in [-0.4, -0.2) is 23.4 Å². The van der Waals surface area contributed by atoms with Gasteiger partial charge in [0.25, 0.3) is 0 Å². The van der Waals surface area contributed by atoms with Crippen LogP contribution in [0.5, 0.6) is 0 Å². The first-order valence-corrected chi connectivity index (χ1v) is 6.87. The highest BCUT2D eigenvalue weighted by atomic mass is 16.4. The van der Waals surface area contributed by atoms with Crippen LogP contribution in [-0.2, 0) is 6.54 Å². The minimum atomic E-state index is -0.379. The van der Waals surface area contributed by atoms with Crippen LogP contribution in [0.15, 0.2) is 10.5 Å². The standard InChI is InChI=1S/C14H23N3O2/c1-9(2)12-5-4-6-17(12)8-11-7-13(14(18)16-15)19-10(11)3/h7,9,12H,4-6,8,15H2,1-3H3,(H,16,18). The number of carbonyl (C=O) groups is 1. The average molecular weight is 265 g/mol. The number of hydrazine groups is 1. The normalized spacial score (nSPS) is 20.2. The molecular formula is C14H23N3O2. The molecule has 0 radical (unpaired) electrons. The molecule has 0 aromatic carbocycles. The van der Waals surface area contributed by atoms with Gasteiger partial charge in [0, 0.05) is 18.2 Å². The lowest BCUT2D eigenvalue weighted by Gasteiger charge is -2.27. The average Bonchev–Trinajstić information content (AvgIpc) is 2.96. The van der Waals surface area contributed by atoms with Gasteiger partial charge in [-0.1, -0.05) is 13.8 Å². The van der Waals surface area contributed by atoms with E-state index >= 15 is 0 Å². The van der Waals surface area contributed by atoms with Crippen molar-refractivity contribution in [1.29, 1.82) is 0 Å². The van der Waals surface area contributed by atoms with Gasteiger partial charge in [-0.15, -0.1) is 0 Å². The Labute approximate surface area is 114 Å². The first kappa shape index (κ1) is 14.1. The molecule has 5 nitrogen and oxygen atoms in total. The van der Waals surface area contributed by atoms with E-state index in [1.165, 1.54) is 12.8 Å². The zero-order chi connectivity index (χ0) is 14.0. The molecule has 1 atom stereocenters. The molecule has 2 rings (SSSR count). The Kier molecular flexibility index (Phi) is 4.27. The first-order valence-electron chi connectivity index (χ1n) is 6.87. The fourth-order valence-corrected chi connectivity index (χ4v) is 2.88. The van der Waals surface area contributed by atoms with Gasteiger partial charge in [0.2, 0.25) is 0 Å². The molecule has 19 heavy (non-hydrogen) atoms. The Balaban J connectivity index is 2.10. The van der Waals surface area contributed by atoms with Crippen LogP contribution < -0.4 is 11.3 Å². The lowest BCUT2D eigenvalue weighted by atomic mass is 10.0. The van der Waals surface area contributed by atoms with Crippen LogP contribution >= 0.6 is 0 Å². The van der Waals surface area contributed by atoms with Crippen molar-refractivity contribution in [1.82, 2.24) is 10.3 Å². The first-order chi connectivity index (χ1) is 9.02. The summed E-state index contributed by atoms with van der Waals surface area (Å²) < 4.78 is 5.45. The maximum absolute atomic E-state index is 11.4. The third kappa shape index (κ3) is 2.98. The Bertz CT molecular complexity index is 454. The Morgan fingerprint density at radius 2 is 2.37 bits per heavy atom. The van der Waals surface area contributed by atoms with E-state index in [9.17, 15) is 4.79 Å². The molecule has 106 valence electrons. The molecule has 5 heteroatoms. The molecule has 2 heterocycles. The van der Waals surface area contributed by atoms with Crippen molar-refractivity contribution >= 4 is 5.91 Å². The molecule has 1 aliphatic rings. The molecule has 1 fully saturated rings. The van der Waals surface area contributed by atoms with Gasteiger partial charge >= 0.3 is 5.91 Å². The number of furan rings is 1. The maximum Gasteiger partial charge on any atom is 0.300 e. The number of nitrogens with zero attached hydrogens (tertiary/aromatic N) is 1.